The Bertz CT molecular complexity index is 632. The number of hydrogen-bond donors (Lipinski definition) is 0. The maximum atomic E-state index is 11.9. The Morgan fingerprint density at radius 3 is 2.43 bits per heavy atom. The molecule has 0 N–H and O–H groups in total. The average molecular weight is 297 g/mol. The van der Waals surface area contributed by atoms with Crippen molar-refractivity contribution in [3.8, 4) is 6.07 Å². The van der Waals surface area contributed by atoms with E-state index in [1.165, 1.54) is 18.9 Å². The molecule has 0 saturated heterocycles. The van der Waals surface area contributed by atoms with E-state index < -0.39 is 0 Å². The Balaban J connectivity index is 2.09. The summed E-state index contributed by atoms with van der Waals surface area (Å²) in [5.41, 5.74) is 2.64. The first kappa shape index (κ1) is 15.1. The van der Waals surface area contributed by atoms with Gasteiger partial charge in [0.15, 0.2) is 0 Å². The van der Waals surface area contributed by atoms with Crippen LogP contribution in [-0.2, 0) is 15.3 Å². The summed E-state index contributed by atoms with van der Waals surface area (Å²) in [6, 6.07) is 19.1. The topological polar surface area (TPSA) is 50.1 Å². The number of hydrogen-bond acceptors (Lipinski definition) is 4. The van der Waals surface area contributed by atoms with Gasteiger partial charge in [-0.15, -0.1) is 11.8 Å². The first-order chi connectivity index (χ1) is 10.2. The summed E-state index contributed by atoms with van der Waals surface area (Å²) >= 11 is 1.52. The predicted octanol–water partition coefficient (Wildman–Crippen LogP) is 3.71. The maximum absolute atomic E-state index is 11.9. The zero-order valence-corrected chi connectivity index (χ0v) is 12.5. The normalized spacial score (nSPS) is 11.4. The van der Waals surface area contributed by atoms with Gasteiger partial charge in [0, 0.05) is 5.75 Å². The van der Waals surface area contributed by atoms with Gasteiger partial charge in [-0.25, -0.2) is 0 Å². The third-order valence-corrected chi connectivity index (χ3v) is 4.32. The summed E-state index contributed by atoms with van der Waals surface area (Å²) in [4.78, 5) is 11.9. The lowest BCUT2D eigenvalue weighted by Gasteiger charge is -2.14. The van der Waals surface area contributed by atoms with Crippen LogP contribution >= 0.6 is 11.8 Å². The van der Waals surface area contributed by atoms with Crippen LogP contribution in [-0.4, -0.2) is 13.1 Å². The number of methoxy groups -OCH3 is 1. The summed E-state index contributed by atoms with van der Waals surface area (Å²) in [6.07, 6.45) is 0. The van der Waals surface area contributed by atoms with E-state index in [2.05, 4.69) is 6.07 Å². The van der Waals surface area contributed by atoms with E-state index in [4.69, 9.17) is 10.00 Å². The van der Waals surface area contributed by atoms with Crippen LogP contribution in [0.1, 0.15) is 21.9 Å². The van der Waals surface area contributed by atoms with Crippen molar-refractivity contribution in [2.75, 3.05) is 7.11 Å². The van der Waals surface area contributed by atoms with Crippen LogP contribution in [0.25, 0.3) is 0 Å². The predicted molar refractivity (Wildman–Crippen MR) is 83.7 cm³/mol. The molecule has 0 fully saturated rings. The number of ether oxygens (including phenoxy) is 1. The van der Waals surface area contributed by atoms with Gasteiger partial charge in [-0.1, -0.05) is 42.5 Å². The van der Waals surface area contributed by atoms with Crippen molar-refractivity contribution in [2.45, 2.75) is 11.0 Å². The van der Waals surface area contributed by atoms with Gasteiger partial charge < -0.3 is 4.74 Å². The Labute approximate surface area is 128 Å². The van der Waals surface area contributed by atoms with E-state index in [1.807, 2.05) is 42.5 Å². The van der Waals surface area contributed by atoms with Crippen LogP contribution in [0, 0.1) is 11.3 Å². The number of carbonyl (C=O) groups is 1. The molecule has 0 spiro atoms. The lowest BCUT2D eigenvalue weighted by atomic mass is 10.1. The number of carbonyl (C=O) groups excluding carboxylic acids is 1. The van der Waals surface area contributed by atoms with Crippen LogP contribution in [0.15, 0.2) is 54.6 Å². The second-order valence-corrected chi connectivity index (χ2v) is 5.53. The van der Waals surface area contributed by atoms with Crippen molar-refractivity contribution < 1.29 is 9.53 Å². The Hall–Kier alpha value is -2.25. The third-order valence-electron chi connectivity index (χ3n) is 3.02. The lowest BCUT2D eigenvalue weighted by molar-refractivity contribution is -0.140. The summed E-state index contributed by atoms with van der Waals surface area (Å²) < 4.78 is 4.89. The second kappa shape index (κ2) is 7.51. The largest absolute Gasteiger partial charge is 0.468 e. The van der Waals surface area contributed by atoms with Gasteiger partial charge in [-0.05, 0) is 23.3 Å². The van der Waals surface area contributed by atoms with E-state index >= 15 is 0 Å². The highest BCUT2D eigenvalue weighted by molar-refractivity contribution is 7.99. The number of nitrogens with zero attached hydrogens (tertiary/aromatic N) is 1. The van der Waals surface area contributed by atoms with Gasteiger partial charge >= 0.3 is 5.97 Å². The van der Waals surface area contributed by atoms with Crippen molar-refractivity contribution in [1.82, 2.24) is 0 Å². The van der Waals surface area contributed by atoms with Crippen LogP contribution < -0.4 is 0 Å². The van der Waals surface area contributed by atoms with Gasteiger partial charge in [-0.2, -0.15) is 5.26 Å². The summed E-state index contributed by atoms with van der Waals surface area (Å²) in [5, 5.41) is 8.44. The van der Waals surface area contributed by atoms with Crippen molar-refractivity contribution in [2.24, 2.45) is 0 Å². The fourth-order valence-corrected chi connectivity index (χ4v) is 3.02. The van der Waals surface area contributed by atoms with Gasteiger partial charge in [0.1, 0.15) is 5.25 Å². The second-order valence-electron chi connectivity index (χ2n) is 4.43. The summed E-state index contributed by atoms with van der Waals surface area (Å²) in [6.45, 7) is 0. The van der Waals surface area contributed by atoms with E-state index in [0.717, 1.165) is 11.1 Å². The van der Waals surface area contributed by atoms with E-state index in [-0.39, 0.29) is 11.2 Å². The number of nitriles is 1. The molecule has 1 atom stereocenters. The highest BCUT2D eigenvalue weighted by atomic mass is 32.2. The molecule has 106 valence electrons. The fourth-order valence-electron chi connectivity index (χ4n) is 1.89. The van der Waals surface area contributed by atoms with Gasteiger partial charge in [-0.3, -0.25) is 4.79 Å². The molecule has 2 aromatic rings. The molecule has 0 amide bonds. The van der Waals surface area contributed by atoms with Crippen molar-refractivity contribution in [3.63, 3.8) is 0 Å². The molecule has 2 aromatic carbocycles. The van der Waals surface area contributed by atoms with Crippen LogP contribution in [0.3, 0.4) is 0 Å². The molecule has 3 nitrogen and oxygen atoms in total. The molecule has 2 rings (SSSR count). The molecule has 21 heavy (non-hydrogen) atoms. The average Bonchev–Trinajstić information content (AvgIpc) is 2.56. The molecule has 4 heteroatoms. The quantitative estimate of drug-likeness (QED) is 0.789. The molecule has 0 heterocycles. The molecule has 0 aromatic heterocycles. The van der Waals surface area contributed by atoms with E-state index in [1.54, 1.807) is 12.1 Å². The van der Waals surface area contributed by atoms with Crippen molar-refractivity contribution >= 4 is 17.7 Å². The zero-order chi connectivity index (χ0) is 15.1. The number of esters is 1. The first-order valence-corrected chi connectivity index (χ1v) is 7.53. The number of thioether (sulfide) groups is 1. The van der Waals surface area contributed by atoms with Crippen molar-refractivity contribution in [3.05, 3.63) is 71.3 Å². The first-order valence-electron chi connectivity index (χ1n) is 6.48. The minimum atomic E-state index is -0.341. The smallest absolute Gasteiger partial charge is 0.323 e. The van der Waals surface area contributed by atoms with Crippen LogP contribution in [0.5, 0.6) is 0 Å². The van der Waals surface area contributed by atoms with Gasteiger partial charge in [0.25, 0.3) is 0 Å². The molecule has 1 unspecified atom stereocenters. The summed E-state index contributed by atoms with van der Waals surface area (Å²) in [5.74, 6) is 0.431. The Morgan fingerprint density at radius 1 is 1.19 bits per heavy atom. The lowest BCUT2D eigenvalue weighted by Crippen LogP contribution is -2.11. The Morgan fingerprint density at radius 2 is 1.86 bits per heavy atom. The molecular formula is C17H15NO2S. The number of benzene rings is 2. The monoisotopic (exact) mass is 297 g/mol. The van der Waals surface area contributed by atoms with Gasteiger partial charge in [0.2, 0.25) is 0 Å². The van der Waals surface area contributed by atoms with E-state index in [9.17, 15) is 4.79 Å². The highest BCUT2D eigenvalue weighted by Crippen LogP contribution is 2.32. The SMILES string of the molecule is COC(=O)C(SCc1ccc(C#N)cc1)c1ccccc1. The minimum Gasteiger partial charge on any atom is -0.468 e. The van der Waals surface area contributed by atoms with Crippen LogP contribution in [0.4, 0.5) is 0 Å². The molecule has 0 bridgehead atoms. The fraction of sp³-hybridized carbons (Fsp3) is 0.176. The molecule has 0 radical (unpaired) electrons. The molecule has 0 aliphatic carbocycles. The molecular weight excluding hydrogens is 282 g/mol. The molecule has 0 aliphatic rings. The standard InChI is InChI=1S/C17H15NO2S/c1-20-17(19)16(15-5-3-2-4-6-15)21-12-14-9-7-13(11-18)8-10-14/h2-10,16H,12H2,1H3. The zero-order valence-electron chi connectivity index (χ0n) is 11.7. The highest BCUT2D eigenvalue weighted by Gasteiger charge is 2.21. The van der Waals surface area contributed by atoms with Gasteiger partial charge in [0.05, 0.1) is 18.7 Å². The number of rotatable bonds is 5. The minimum absolute atomic E-state index is 0.250. The molecule has 0 saturated carbocycles. The van der Waals surface area contributed by atoms with Crippen LogP contribution in [0.2, 0.25) is 0 Å². The molecule has 0 aliphatic heterocycles. The Kier molecular flexibility index (Phi) is 5.42. The summed E-state index contributed by atoms with van der Waals surface area (Å²) in [7, 11) is 1.40. The third kappa shape index (κ3) is 4.11. The van der Waals surface area contributed by atoms with Crippen molar-refractivity contribution in [1.29, 1.82) is 5.26 Å². The maximum Gasteiger partial charge on any atom is 0.323 e. The van der Waals surface area contributed by atoms with E-state index in [0.29, 0.717) is 11.3 Å².